The van der Waals surface area contributed by atoms with Crippen LogP contribution < -0.4 is 20.6 Å². The van der Waals surface area contributed by atoms with E-state index in [1.54, 1.807) is 29.0 Å². The third-order valence-electron chi connectivity index (χ3n) is 6.94. The summed E-state index contributed by atoms with van der Waals surface area (Å²) in [6, 6.07) is 9.05. The molecule has 23 heteroatoms. The molecule has 0 amide bonds. The van der Waals surface area contributed by atoms with Gasteiger partial charge in [-0.25, -0.2) is 18.7 Å². The summed E-state index contributed by atoms with van der Waals surface area (Å²) < 4.78 is 106. The third-order valence-corrected chi connectivity index (χ3v) is 8.71. The lowest BCUT2D eigenvalue weighted by Crippen LogP contribution is -2.19. The van der Waals surface area contributed by atoms with Crippen LogP contribution in [-0.4, -0.2) is 53.3 Å². The largest absolute Gasteiger partial charge is 0.528 e. The van der Waals surface area contributed by atoms with Crippen LogP contribution in [0.15, 0.2) is 63.6 Å². The molecule has 0 spiro atoms. The first-order valence-corrected chi connectivity index (χ1v) is 16.5. The Morgan fingerprint density at radius 3 is 2.62 bits per heavy atom. The zero-order valence-electron chi connectivity index (χ0n) is 23.8. The summed E-state index contributed by atoms with van der Waals surface area (Å²) in [5.41, 5.74) is 4.90. The van der Waals surface area contributed by atoms with Crippen molar-refractivity contribution >= 4 is 43.7 Å². The van der Waals surface area contributed by atoms with Gasteiger partial charge < -0.3 is 33.2 Å². The van der Waals surface area contributed by atoms with Crippen molar-refractivity contribution in [2.24, 2.45) is 0 Å². The average molecular weight is 716 g/mol. The maximum absolute atomic E-state index is 13.3. The number of furan rings is 1. The van der Waals surface area contributed by atoms with E-state index in [2.05, 4.69) is 15.0 Å². The van der Waals surface area contributed by atoms with Crippen LogP contribution in [0.25, 0.3) is 28.0 Å². The van der Waals surface area contributed by atoms with Crippen molar-refractivity contribution in [3.05, 3.63) is 70.5 Å². The van der Waals surface area contributed by atoms with Crippen molar-refractivity contribution in [2.75, 3.05) is 18.9 Å². The number of alkyl halides is 3. The molecule has 48 heavy (non-hydrogen) atoms. The van der Waals surface area contributed by atoms with Gasteiger partial charge >= 0.3 is 21.8 Å². The number of hydrogen-bond acceptors (Lipinski definition) is 13. The number of para-hydroxylation sites is 1. The van der Waals surface area contributed by atoms with Gasteiger partial charge in [-0.3, -0.25) is 28.6 Å². The minimum atomic E-state index is -5.35. The van der Waals surface area contributed by atoms with Gasteiger partial charge in [0.15, 0.2) is 41.3 Å². The number of benzene rings is 1. The van der Waals surface area contributed by atoms with Gasteiger partial charge in [0.05, 0.1) is 11.9 Å². The van der Waals surface area contributed by atoms with E-state index in [0.717, 1.165) is 21.8 Å². The first-order chi connectivity index (χ1) is 22.7. The molecule has 4 aromatic heterocycles. The second kappa shape index (κ2) is 11.4. The number of nitrogens with one attached hydrogen (secondary N) is 1. The number of phosphoric ester groups is 2. The normalized spacial score (nSPS) is 23.5. The van der Waals surface area contributed by atoms with E-state index < -0.39 is 82.5 Å². The number of anilines is 1. The molecule has 0 aliphatic carbocycles. The Kier molecular flexibility index (Phi) is 7.57. The molecule has 7 rings (SSSR count). The Labute approximate surface area is 264 Å². The van der Waals surface area contributed by atoms with E-state index in [1.165, 1.54) is 0 Å². The quantitative estimate of drug-likeness (QED) is 0.191. The van der Waals surface area contributed by atoms with Crippen molar-refractivity contribution in [3.8, 4) is 17.4 Å². The van der Waals surface area contributed by atoms with Crippen LogP contribution in [-0.2, 0) is 34.0 Å². The number of fused-ring (bicyclic) bond motifs is 4. The van der Waals surface area contributed by atoms with Gasteiger partial charge in [0.1, 0.15) is 19.5 Å². The molecule has 2 aliphatic heterocycles. The first kappa shape index (κ1) is 31.8. The standard InChI is InChI=1S/C25H21F3N6O12P2/c26-25(27,28)10-40-19-16-9-42-47(36,37)45-14-7-17(33-6-5-12-3-1-2-4-13(12)33)43-15(14)8-41-48(38,39)46-20(19)23(44-16)34-11-30-18-21(34)31-24(29)32-22(18)35/h1-6,11,17H,7-10H2,(H,36,37)(H,38,39)(H3,29,31,32,35)/t17-/m1/s1. The summed E-state index contributed by atoms with van der Waals surface area (Å²) in [4.78, 5) is 43.8. The number of rotatable bonds is 4. The number of hydrogen-bond donors (Lipinski definition) is 4. The average Bonchev–Trinajstić information content (AvgIpc) is 3.77. The number of phosphoric acid groups is 2. The van der Waals surface area contributed by atoms with Crippen molar-refractivity contribution in [2.45, 2.75) is 25.4 Å². The molecule has 5 aromatic rings. The van der Waals surface area contributed by atoms with Gasteiger partial charge in [0, 0.05) is 6.20 Å². The molecule has 2 aliphatic rings. The van der Waals surface area contributed by atoms with Crippen LogP contribution in [0, 0.1) is 0 Å². The van der Waals surface area contributed by atoms with Crippen molar-refractivity contribution in [3.63, 3.8) is 0 Å². The van der Waals surface area contributed by atoms with Gasteiger partial charge in [0.25, 0.3) is 11.4 Å². The molecule has 5 N–H and O–H groups in total. The predicted molar refractivity (Wildman–Crippen MR) is 154 cm³/mol. The summed E-state index contributed by atoms with van der Waals surface area (Å²) in [5, 5.41) is 0.851. The van der Waals surface area contributed by atoms with Crippen LogP contribution in [0.2, 0.25) is 0 Å². The molecule has 0 saturated carbocycles. The molecule has 2 bridgehead atoms. The number of H-pyrrole nitrogens is 1. The SMILES string of the molecule is Nc1nc2c(ncn2-c2oc3c(OCC(F)(F)F)c2OP(=O)(O)OCC2=C(C[C@H](n4ccc5ccccc54)O2)OP(=O)(O)OC3)c(=O)[nH]1. The van der Waals surface area contributed by atoms with Gasteiger partial charge in [-0.15, -0.1) is 0 Å². The van der Waals surface area contributed by atoms with E-state index in [4.69, 9.17) is 37.7 Å². The first-order valence-electron chi connectivity index (χ1n) is 13.5. The Morgan fingerprint density at radius 2 is 1.83 bits per heavy atom. The van der Waals surface area contributed by atoms with Gasteiger partial charge in [-0.05, 0) is 17.5 Å². The number of imidazole rings is 1. The lowest BCUT2D eigenvalue weighted by molar-refractivity contribution is -0.153. The number of aromatic amines is 1. The van der Waals surface area contributed by atoms with E-state index in [9.17, 15) is 36.9 Å². The summed E-state index contributed by atoms with van der Waals surface area (Å²) >= 11 is 0. The Bertz CT molecular complexity index is 2260. The zero-order valence-corrected chi connectivity index (χ0v) is 25.6. The molecule has 3 atom stereocenters. The number of nitrogens with zero attached hydrogens (tertiary/aromatic N) is 4. The highest BCUT2D eigenvalue weighted by molar-refractivity contribution is 7.48. The Balaban J connectivity index is 1.29. The monoisotopic (exact) mass is 716 g/mol. The molecule has 0 saturated heterocycles. The van der Waals surface area contributed by atoms with E-state index in [-0.39, 0.29) is 29.1 Å². The van der Waals surface area contributed by atoms with Crippen LogP contribution in [0.1, 0.15) is 18.4 Å². The fraction of sp³-hybridized carbons (Fsp3) is 0.240. The molecule has 254 valence electrons. The van der Waals surface area contributed by atoms with E-state index in [1.807, 2.05) is 12.1 Å². The smallest absolute Gasteiger partial charge is 0.477 e. The summed E-state index contributed by atoms with van der Waals surface area (Å²) in [6.45, 7) is -3.97. The number of nitrogens with two attached hydrogens (primary N) is 1. The second-order valence-corrected chi connectivity index (χ2v) is 13.0. The number of ether oxygens (including phenoxy) is 2. The predicted octanol–water partition coefficient (Wildman–Crippen LogP) is 4.15. The number of aromatic nitrogens is 5. The topological polar surface area (TPSA) is 238 Å². The van der Waals surface area contributed by atoms with Crippen LogP contribution in [0.4, 0.5) is 19.1 Å². The highest BCUT2D eigenvalue weighted by Crippen LogP contribution is 2.56. The maximum atomic E-state index is 13.3. The summed E-state index contributed by atoms with van der Waals surface area (Å²) in [6.07, 6.45) is -3.37. The Morgan fingerprint density at radius 1 is 1.08 bits per heavy atom. The summed E-state index contributed by atoms with van der Waals surface area (Å²) in [5.74, 6) is -4.38. The minimum absolute atomic E-state index is 0.167. The van der Waals surface area contributed by atoms with E-state index >= 15 is 0 Å². The number of nitrogen functional groups attached to an aromatic ring is 1. The Hall–Kier alpha value is -4.78. The summed E-state index contributed by atoms with van der Waals surface area (Å²) in [7, 11) is -10.5. The molecular formula is C25H21F3N6O12P2. The molecule has 6 heterocycles. The fourth-order valence-electron chi connectivity index (χ4n) is 4.99. The molecular weight excluding hydrogens is 695 g/mol. The van der Waals surface area contributed by atoms with Crippen molar-refractivity contribution in [1.29, 1.82) is 0 Å². The third kappa shape index (κ3) is 6.14. The van der Waals surface area contributed by atoms with Gasteiger partial charge in [0.2, 0.25) is 17.4 Å². The van der Waals surface area contributed by atoms with Crippen LogP contribution in [0.3, 0.4) is 0 Å². The van der Waals surface area contributed by atoms with Crippen molar-refractivity contribution in [1.82, 2.24) is 24.1 Å². The van der Waals surface area contributed by atoms with Gasteiger partial charge in [-0.1, -0.05) is 18.2 Å². The molecule has 2 unspecified atom stereocenters. The van der Waals surface area contributed by atoms with Crippen LogP contribution in [0.5, 0.6) is 11.5 Å². The maximum Gasteiger partial charge on any atom is 0.528 e. The zero-order chi connectivity index (χ0) is 34.0. The minimum Gasteiger partial charge on any atom is -0.477 e. The molecule has 0 fully saturated rings. The molecule has 18 nitrogen and oxygen atoms in total. The molecule has 0 radical (unpaired) electrons. The second-order valence-electron chi connectivity index (χ2n) is 10.2. The van der Waals surface area contributed by atoms with Crippen molar-refractivity contribution < 1.29 is 64.1 Å². The highest BCUT2D eigenvalue weighted by atomic mass is 31.2. The lowest BCUT2D eigenvalue weighted by Gasteiger charge is -2.17. The fourth-order valence-corrected chi connectivity index (χ4v) is 6.50. The lowest BCUT2D eigenvalue weighted by atomic mass is 10.2. The van der Waals surface area contributed by atoms with E-state index in [0.29, 0.717) is 0 Å². The number of halogens is 3. The van der Waals surface area contributed by atoms with Gasteiger partial charge in [-0.2, -0.15) is 18.2 Å². The highest BCUT2D eigenvalue weighted by Gasteiger charge is 2.41. The molecule has 1 aromatic carbocycles. The van der Waals surface area contributed by atoms with Crippen LogP contribution >= 0.6 is 15.6 Å².